The van der Waals surface area contributed by atoms with Crippen LogP contribution in [0, 0.1) is 5.92 Å². The molecular formula is C9H14ClN5O. The Bertz CT molecular complexity index is 336. The van der Waals surface area contributed by atoms with Crippen molar-refractivity contribution in [2.24, 2.45) is 5.92 Å². The Morgan fingerprint density at radius 2 is 2.31 bits per heavy atom. The first-order valence-electron chi connectivity index (χ1n) is 5.22. The second-order valence-electron chi connectivity index (χ2n) is 3.73. The van der Waals surface area contributed by atoms with Crippen molar-refractivity contribution >= 4 is 23.5 Å². The summed E-state index contributed by atoms with van der Waals surface area (Å²) in [6, 6.07) is 0. The third-order valence-electron chi connectivity index (χ3n) is 2.49. The summed E-state index contributed by atoms with van der Waals surface area (Å²) in [5.41, 5.74) is 5.45. The van der Waals surface area contributed by atoms with Crippen molar-refractivity contribution < 1.29 is 4.74 Å². The van der Waals surface area contributed by atoms with E-state index < -0.39 is 0 Å². The highest BCUT2D eigenvalue weighted by atomic mass is 35.5. The molecule has 1 aromatic heterocycles. The Labute approximate surface area is 98.6 Å². The van der Waals surface area contributed by atoms with Crippen LogP contribution in [0.25, 0.3) is 0 Å². The lowest BCUT2D eigenvalue weighted by molar-refractivity contribution is 0.185. The van der Waals surface area contributed by atoms with Gasteiger partial charge in [-0.1, -0.05) is 0 Å². The standard InChI is InChI=1S/C9H14ClN5O/c10-7-13-8(11)15-9(14-7)12-3-1-6-2-4-16-5-6/h6H,1-5H2,(H3,11,12,13,14,15). The molecule has 2 heterocycles. The molecule has 0 amide bonds. The summed E-state index contributed by atoms with van der Waals surface area (Å²) in [5.74, 6) is 1.19. The van der Waals surface area contributed by atoms with Crippen LogP contribution in [0.3, 0.4) is 0 Å². The number of anilines is 2. The maximum Gasteiger partial charge on any atom is 0.228 e. The molecule has 16 heavy (non-hydrogen) atoms. The van der Waals surface area contributed by atoms with Crippen molar-refractivity contribution in [2.45, 2.75) is 12.8 Å². The molecule has 0 radical (unpaired) electrons. The molecule has 1 saturated heterocycles. The van der Waals surface area contributed by atoms with Crippen LogP contribution in [-0.2, 0) is 4.74 Å². The highest BCUT2D eigenvalue weighted by molar-refractivity contribution is 6.28. The fourth-order valence-corrected chi connectivity index (χ4v) is 1.81. The first-order valence-corrected chi connectivity index (χ1v) is 5.60. The predicted molar refractivity (Wildman–Crippen MR) is 61.3 cm³/mol. The lowest BCUT2D eigenvalue weighted by atomic mass is 10.1. The number of nitrogens with one attached hydrogen (secondary N) is 1. The van der Waals surface area contributed by atoms with Crippen LogP contribution in [0.4, 0.5) is 11.9 Å². The summed E-state index contributed by atoms with van der Waals surface area (Å²) in [5, 5.41) is 3.18. The van der Waals surface area contributed by atoms with Crippen LogP contribution in [0.2, 0.25) is 5.28 Å². The van der Waals surface area contributed by atoms with E-state index in [1.165, 1.54) is 0 Å². The molecule has 1 atom stereocenters. The van der Waals surface area contributed by atoms with Gasteiger partial charge in [-0.25, -0.2) is 0 Å². The largest absolute Gasteiger partial charge is 0.381 e. The molecule has 1 unspecified atom stereocenters. The van der Waals surface area contributed by atoms with E-state index in [1.807, 2.05) is 0 Å². The van der Waals surface area contributed by atoms with Gasteiger partial charge in [-0.05, 0) is 30.4 Å². The molecule has 0 aromatic carbocycles. The number of nitrogen functional groups attached to an aromatic ring is 1. The average molecular weight is 244 g/mol. The zero-order valence-corrected chi connectivity index (χ0v) is 9.57. The van der Waals surface area contributed by atoms with Crippen molar-refractivity contribution in [2.75, 3.05) is 30.8 Å². The van der Waals surface area contributed by atoms with Crippen molar-refractivity contribution in [3.63, 3.8) is 0 Å². The number of hydrogen-bond donors (Lipinski definition) is 2. The Morgan fingerprint density at radius 3 is 3.00 bits per heavy atom. The number of nitrogens with two attached hydrogens (primary N) is 1. The lowest BCUT2D eigenvalue weighted by Gasteiger charge is -2.08. The second-order valence-corrected chi connectivity index (χ2v) is 4.07. The van der Waals surface area contributed by atoms with Crippen molar-refractivity contribution in [3.05, 3.63) is 5.28 Å². The van der Waals surface area contributed by atoms with Crippen LogP contribution in [-0.4, -0.2) is 34.7 Å². The molecule has 1 fully saturated rings. The van der Waals surface area contributed by atoms with E-state index in [2.05, 4.69) is 20.3 Å². The lowest BCUT2D eigenvalue weighted by Crippen LogP contribution is -2.12. The smallest absolute Gasteiger partial charge is 0.228 e. The van der Waals surface area contributed by atoms with E-state index in [0.29, 0.717) is 11.9 Å². The quantitative estimate of drug-likeness (QED) is 0.819. The normalized spacial score (nSPS) is 19.9. The maximum atomic E-state index is 5.65. The van der Waals surface area contributed by atoms with E-state index in [-0.39, 0.29) is 11.2 Å². The third kappa shape index (κ3) is 3.18. The number of hydrogen-bond acceptors (Lipinski definition) is 6. The van der Waals surface area contributed by atoms with Gasteiger partial charge in [0, 0.05) is 19.8 Å². The van der Waals surface area contributed by atoms with Gasteiger partial charge in [0.2, 0.25) is 17.2 Å². The zero-order valence-electron chi connectivity index (χ0n) is 8.82. The number of halogens is 1. The van der Waals surface area contributed by atoms with E-state index >= 15 is 0 Å². The molecule has 7 heteroatoms. The molecule has 1 aromatic rings. The molecule has 0 spiro atoms. The van der Waals surface area contributed by atoms with Gasteiger partial charge in [-0.15, -0.1) is 0 Å². The first kappa shape index (κ1) is 11.3. The van der Waals surface area contributed by atoms with Gasteiger partial charge in [0.15, 0.2) is 0 Å². The molecule has 0 saturated carbocycles. The summed E-state index contributed by atoms with van der Waals surface area (Å²) < 4.78 is 5.29. The van der Waals surface area contributed by atoms with Crippen LogP contribution in [0.15, 0.2) is 0 Å². The van der Waals surface area contributed by atoms with E-state index in [1.54, 1.807) is 0 Å². The third-order valence-corrected chi connectivity index (χ3v) is 2.65. The molecule has 88 valence electrons. The molecule has 0 aliphatic carbocycles. The highest BCUT2D eigenvalue weighted by Crippen LogP contribution is 2.16. The van der Waals surface area contributed by atoms with E-state index in [4.69, 9.17) is 22.1 Å². The minimum Gasteiger partial charge on any atom is -0.381 e. The monoisotopic (exact) mass is 243 g/mol. The van der Waals surface area contributed by atoms with Crippen molar-refractivity contribution in [1.29, 1.82) is 0 Å². The Kier molecular flexibility index (Phi) is 3.74. The molecular weight excluding hydrogens is 230 g/mol. The summed E-state index contributed by atoms with van der Waals surface area (Å²) in [7, 11) is 0. The van der Waals surface area contributed by atoms with Crippen molar-refractivity contribution in [1.82, 2.24) is 15.0 Å². The van der Waals surface area contributed by atoms with Crippen molar-refractivity contribution in [3.8, 4) is 0 Å². The molecule has 3 N–H and O–H groups in total. The predicted octanol–water partition coefficient (Wildman–Crippen LogP) is 0.946. The van der Waals surface area contributed by atoms with Gasteiger partial charge < -0.3 is 15.8 Å². The number of rotatable bonds is 4. The van der Waals surface area contributed by atoms with Crippen LogP contribution < -0.4 is 11.1 Å². The highest BCUT2D eigenvalue weighted by Gasteiger charge is 2.14. The molecule has 1 aliphatic rings. The number of nitrogens with zero attached hydrogens (tertiary/aromatic N) is 3. The second kappa shape index (κ2) is 5.27. The van der Waals surface area contributed by atoms with Gasteiger partial charge in [-0.3, -0.25) is 0 Å². The fourth-order valence-electron chi connectivity index (χ4n) is 1.64. The average Bonchev–Trinajstić information content (AvgIpc) is 2.69. The van der Waals surface area contributed by atoms with E-state index in [0.717, 1.165) is 32.6 Å². The van der Waals surface area contributed by atoms with Crippen LogP contribution >= 0.6 is 11.6 Å². The Morgan fingerprint density at radius 1 is 1.44 bits per heavy atom. The first-order chi connectivity index (χ1) is 7.74. The fraction of sp³-hybridized carbons (Fsp3) is 0.667. The number of ether oxygens (including phenoxy) is 1. The maximum absolute atomic E-state index is 5.65. The number of aromatic nitrogens is 3. The van der Waals surface area contributed by atoms with Crippen LogP contribution in [0.1, 0.15) is 12.8 Å². The molecule has 2 rings (SSSR count). The van der Waals surface area contributed by atoms with Gasteiger partial charge in [-0.2, -0.15) is 15.0 Å². The van der Waals surface area contributed by atoms with Crippen LogP contribution in [0.5, 0.6) is 0 Å². The van der Waals surface area contributed by atoms with Gasteiger partial charge in [0.05, 0.1) is 0 Å². The minimum absolute atomic E-state index is 0.110. The molecule has 6 nitrogen and oxygen atoms in total. The minimum atomic E-state index is 0.110. The topological polar surface area (TPSA) is 86.0 Å². The Hall–Kier alpha value is -1.14. The SMILES string of the molecule is Nc1nc(Cl)nc(NCCC2CCOC2)n1. The van der Waals surface area contributed by atoms with Gasteiger partial charge >= 0.3 is 0 Å². The zero-order chi connectivity index (χ0) is 11.4. The summed E-state index contributed by atoms with van der Waals surface area (Å²) in [6.45, 7) is 2.50. The van der Waals surface area contributed by atoms with Gasteiger partial charge in [0.25, 0.3) is 0 Å². The van der Waals surface area contributed by atoms with E-state index in [9.17, 15) is 0 Å². The molecule has 0 bridgehead atoms. The molecule has 1 aliphatic heterocycles. The summed E-state index contributed by atoms with van der Waals surface area (Å²) in [6.07, 6.45) is 2.16. The Balaban J connectivity index is 1.80. The summed E-state index contributed by atoms with van der Waals surface area (Å²) in [4.78, 5) is 11.5. The van der Waals surface area contributed by atoms with Gasteiger partial charge in [0.1, 0.15) is 0 Å². The summed E-state index contributed by atoms with van der Waals surface area (Å²) >= 11 is 5.65.